The molecule has 0 bridgehead atoms. The van der Waals surface area contributed by atoms with Crippen molar-refractivity contribution < 1.29 is 20.1 Å². The molecule has 0 aliphatic carbocycles. The molecule has 2 nitrogen and oxygen atoms in total. The van der Waals surface area contributed by atoms with Crippen LogP contribution in [0.15, 0.2) is 133 Å². The standard InChI is InChI=1S/C24H20N.C17H12N.Ir/c1-16-13-22(14-17(2)18(16)3)24-12-10-21-15-20(9-11-23(21)25-24)19-7-5-4-6-8-19;1-2-6-14(7-3-1)10-12-16-13-11-15-8-4-5-9-17(15)18-16;/h4-13,15H,1-3H3;1-9,11-13H;/q2*-1;. The van der Waals surface area contributed by atoms with Crippen molar-refractivity contribution in [2.75, 3.05) is 0 Å². The van der Waals surface area contributed by atoms with Crippen molar-refractivity contribution in [3.05, 3.63) is 174 Å². The number of nitrogens with zero attached hydrogens (tertiary/aromatic N) is 2. The van der Waals surface area contributed by atoms with Gasteiger partial charge in [0.25, 0.3) is 0 Å². The van der Waals surface area contributed by atoms with E-state index in [9.17, 15) is 0 Å². The Morgan fingerprint density at radius 2 is 1.27 bits per heavy atom. The fraction of sp³-hybridized carbons (Fsp3) is 0.0732. The molecule has 0 fully saturated rings. The number of para-hydroxylation sites is 1. The van der Waals surface area contributed by atoms with Gasteiger partial charge in [0.1, 0.15) is 0 Å². The molecule has 44 heavy (non-hydrogen) atoms. The number of aromatic nitrogens is 2. The molecule has 7 rings (SSSR count). The van der Waals surface area contributed by atoms with Crippen LogP contribution in [-0.2, 0) is 20.1 Å². The fourth-order valence-electron chi connectivity index (χ4n) is 5.03. The largest absolute Gasteiger partial charge is 0.296 e. The smallest absolute Gasteiger partial charge is 0.0595 e. The molecular weight excluding hydrogens is 713 g/mol. The molecule has 0 saturated carbocycles. The zero-order chi connectivity index (χ0) is 29.6. The zero-order valence-electron chi connectivity index (χ0n) is 25.0. The van der Waals surface area contributed by atoms with Crippen LogP contribution in [0.25, 0.3) is 50.3 Å². The Hall–Kier alpha value is -4.69. The quantitative estimate of drug-likeness (QED) is 0.168. The van der Waals surface area contributed by atoms with Crippen LogP contribution < -0.4 is 0 Å². The molecule has 3 heteroatoms. The number of hydrogen-bond acceptors (Lipinski definition) is 2. The molecule has 0 aliphatic heterocycles. The van der Waals surface area contributed by atoms with E-state index in [-0.39, 0.29) is 20.1 Å². The van der Waals surface area contributed by atoms with Gasteiger partial charge in [-0.15, -0.1) is 76.4 Å². The summed E-state index contributed by atoms with van der Waals surface area (Å²) in [6.45, 7) is 6.40. The first kappa shape index (κ1) is 30.8. The molecule has 0 N–H and O–H groups in total. The van der Waals surface area contributed by atoms with Crippen molar-refractivity contribution >= 4 is 27.9 Å². The Morgan fingerprint density at radius 1 is 0.591 bits per heavy atom. The van der Waals surface area contributed by atoms with Crippen LogP contribution in [0.3, 0.4) is 0 Å². The molecule has 0 spiro atoms. The Balaban J connectivity index is 0.000000179. The monoisotopic (exact) mass is 745 g/mol. The Morgan fingerprint density at radius 3 is 2.05 bits per heavy atom. The molecule has 0 amide bonds. The molecular formula is C41H32IrN2-2. The molecule has 5 aromatic carbocycles. The minimum Gasteiger partial charge on any atom is -0.296 e. The summed E-state index contributed by atoms with van der Waals surface area (Å²) in [7, 11) is 0. The van der Waals surface area contributed by atoms with Gasteiger partial charge < -0.3 is 0 Å². The average Bonchev–Trinajstić information content (AvgIpc) is 3.06. The van der Waals surface area contributed by atoms with Crippen molar-refractivity contribution in [2.45, 2.75) is 20.8 Å². The zero-order valence-corrected chi connectivity index (χ0v) is 27.4. The summed E-state index contributed by atoms with van der Waals surface area (Å²) in [5, 5.41) is 2.32. The van der Waals surface area contributed by atoms with Crippen molar-refractivity contribution in [1.82, 2.24) is 9.97 Å². The maximum Gasteiger partial charge on any atom is 0.0595 e. The van der Waals surface area contributed by atoms with Gasteiger partial charge in [0.2, 0.25) is 0 Å². The molecule has 7 aromatic rings. The fourth-order valence-corrected chi connectivity index (χ4v) is 5.03. The van der Waals surface area contributed by atoms with Crippen molar-refractivity contribution in [3.8, 4) is 22.4 Å². The third-order valence-electron chi connectivity index (χ3n) is 7.69. The minimum absolute atomic E-state index is 0. The van der Waals surface area contributed by atoms with Crippen LogP contribution in [-0.4, -0.2) is 9.97 Å². The predicted octanol–water partition coefficient (Wildman–Crippen LogP) is 10.4. The van der Waals surface area contributed by atoms with E-state index in [0.29, 0.717) is 0 Å². The molecule has 2 aromatic heterocycles. The Labute approximate surface area is 273 Å². The van der Waals surface area contributed by atoms with Gasteiger partial charge in [0, 0.05) is 20.1 Å². The van der Waals surface area contributed by atoms with Crippen LogP contribution in [0.5, 0.6) is 0 Å². The maximum atomic E-state index is 4.86. The second kappa shape index (κ2) is 14.2. The first-order valence-corrected chi connectivity index (χ1v) is 14.5. The predicted molar refractivity (Wildman–Crippen MR) is 181 cm³/mol. The Bertz CT molecular complexity index is 2020. The molecule has 0 atom stereocenters. The van der Waals surface area contributed by atoms with Gasteiger partial charge in [-0.2, -0.15) is 0 Å². The molecule has 0 unspecified atom stereocenters. The summed E-state index contributed by atoms with van der Waals surface area (Å²) >= 11 is 0. The molecule has 2 heterocycles. The van der Waals surface area contributed by atoms with Gasteiger partial charge in [-0.25, -0.2) is 0 Å². The van der Waals surface area contributed by atoms with Crippen LogP contribution in [0.1, 0.15) is 27.9 Å². The SMILES string of the molecule is Cc1[c-]c(-c2ccc3cc(-c4ccccc4)ccc3n2)cc(C)c1C.[C-](=Cc1ccc2ccccc2n1)c1ccccc1.[Ir]. The first-order chi connectivity index (χ1) is 21.0. The molecule has 217 valence electrons. The summed E-state index contributed by atoms with van der Waals surface area (Å²) in [6.07, 6.45) is 5.16. The third-order valence-corrected chi connectivity index (χ3v) is 7.69. The number of pyridine rings is 2. The second-order valence-electron chi connectivity index (χ2n) is 10.7. The molecule has 0 aliphatic rings. The van der Waals surface area contributed by atoms with Crippen molar-refractivity contribution in [1.29, 1.82) is 0 Å². The van der Waals surface area contributed by atoms with Crippen molar-refractivity contribution in [2.24, 2.45) is 0 Å². The van der Waals surface area contributed by atoms with E-state index in [0.717, 1.165) is 44.3 Å². The first-order valence-electron chi connectivity index (χ1n) is 14.5. The van der Waals surface area contributed by atoms with E-state index in [1.165, 1.54) is 27.8 Å². The van der Waals surface area contributed by atoms with E-state index in [1.54, 1.807) is 0 Å². The normalized spacial score (nSPS) is 10.8. The molecule has 0 saturated heterocycles. The summed E-state index contributed by atoms with van der Waals surface area (Å²) in [5.41, 5.74) is 12.3. The number of hydrogen-bond donors (Lipinski definition) is 0. The van der Waals surface area contributed by atoms with Gasteiger partial charge in [-0.1, -0.05) is 106 Å². The number of rotatable bonds is 4. The number of aryl methyl sites for hydroxylation is 2. The van der Waals surface area contributed by atoms with Gasteiger partial charge in [0.15, 0.2) is 0 Å². The van der Waals surface area contributed by atoms with Gasteiger partial charge in [0.05, 0.1) is 11.0 Å². The minimum atomic E-state index is 0. The maximum absolute atomic E-state index is 4.86. The van der Waals surface area contributed by atoms with Crippen LogP contribution >= 0.6 is 0 Å². The summed E-state index contributed by atoms with van der Waals surface area (Å²) in [5.74, 6) is 0. The van der Waals surface area contributed by atoms with Crippen LogP contribution in [0, 0.1) is 32.9 Å². The number of fused-ring (bicyclic) bond motifs is 2. The van der Waals surface area contributed by atoms with E-state index in [1.807, 2.05) is 66.7 Å². The molecule has 1 radical (unpaired) electrons. The summed E-state index contributed by atoms with van der Waals surface area (Å²) in [4.78, 5) is 9.43. The topological polar surface area (TPSA) is 25.8 Å². The van der Waals surface area contributed by atoms with Crippen molar-refractivity contribution in [3.63, 3.8) is 0 Å². The van der Waals surface area contributed by atoms with E-state index in [4.69, 9.17) is 4.98 Å². The van der Waals surface area contributed by atoms with E-state index >= 15 is 0 Å². The van der Waals surface area contributed by atoms with Crippen LogP contribution in [0.4, 0.5) is 0 Å². The summed E-state index contributed by atoms with van der Waals surface area (Å²) in [6, 6.07) is 49.1. The third kappa shape index (κ3) is 7.26. The Kier molecular flexibility index (Phi) is 9.92. The van der Waals surface area contributed by atoms with E-state index < -0.39 is 0 Å². The summed E-state index contributed by atoms with van der Waals surface area (Å²) < 4.78 is 0. The van der Waals surface area contributed by atoms with Gasteiger partial charge >= 0.3 is 0 Å². The average molecular weight is 745 g/mol. The van der Waals surface area contributed by atoms with Gasteiger partial charge in [-0.3, -0.25) is 9.97 Å². The van der Waals surface area contributed by atoms with Gasteiger partial charge in [-0.05, 0) is 51.5 Å². The number of benzene rings is 5. The van der Waals surface area contributed by atoms with Crippen LogP contribution in [0.2, 0.25) is 0 Å². The second-order valence-corrected chi connectivity index (χ2v) is 10.7. The van der Waals surface area contributed by atoms with E-state index in [2.05, 4.69) is 111 Å².